The number of benzene rings is 1. The molecule has 0 radical (unpaired) electrons. The number of sulfone groups is 1. The first-order valence-electron chi connectivity index (χ1n) is 13.0. The third-order valence-electron chi connectivity index (χ3n) is 7.45. The average Bonchev–Trinajstić information content (AvgIpc) is 3.35. The fraction of sp³-hybridized carbons (Fsp3) is 0.571. The Morgan fingerprint density at radius 1 is 1.14 bits per heavy atom. The Hall–Kier alpha value is -2.39. The molecule has 37 heavy (non-hydrogen) atoms. The monoisotopic (exact) mass is 546 g/mol. The number of hydrogen-bond donors (Lipinski definition) is 2. The van der Waals surface area contributed by atoms with E-state index in [1.165, 1.54) is 16.9 Å². The van der Waals surface area contributed by atoms with Crippen LogP contribution in [0.25, 0.3) is 0 Å². The molecule has 1 fully saturated rings. The Morgan fingerprint density at radius 2 is 1.84 bits per heavy atom. The fourth-order valence-corrected chi connectivity index (χ4v) is 8.09. The van der Waals surface area contributed by atoms with Crippen molar-refractivity contribution >= 4 is 38.0 Å². The van der Waals surface area contributed by atoms with Crippen LogP contribution in [0.3, 0.4) is 0 Å². The Kier molecular flexibility index (Phi) is 8.04. The van der Waals surface area contributed by atoms with Gasteiger partial charge >= 0.3 is 0 Å². The molecule has 9 heteroatoms. The predicted octanol–water partition coefficient (Wildman–Crippen LogP) is 4.96. The lowest BCUT2D eigenvalue weighted by Gasteiger charge is -2.33. The highest BCUT2D eigenvalue weighted by molar-refractivity contribution is 7.91. The number of hydrogen-bond acceptors (Lipinski definition) is 6. The second kappa shape index (κ2) is 10.8. The molecule has 1 aliphatic carbocycles. The van der Waals surface area contributed by atoms with E-state index < -0.39 is 15.9 Å². The van der Waals surface area contributed by atoms with E-state index in [2.05, 4.69) is 45.3 Å². The van der Waals surface area contributed by atoms with Gasteiger partial charge in [0, 0.05) is 10.9 Å². The van der Waals surface area contributed by atoms with Crippen LogP contribution < -0.4 is 15.4 Å². The molecule has 0 saturated carbocycles. The smallest absolute Gasteiger partial charge is 0.262 e. The molecular weight excluding hydrogens is 508 g/mol. The van der Waals surface area contributed by atoms with Gasteiger partial charge in [0.25, 0.3) is 11.8 Å². The Labute approximate surface area is 224 Å². The van der Waals surface area contributed by atoms with Crippen molar-refractivity contribution in [2.45, 2.75) is 72.3 Å². The molecule has 1 saturated heterocycles. The van der Waals surface area contributed by atoms with Crippen LogP contribution in [-0.2, 0) is 27.5 Å². The SMILES string of the molecule is CC(C)c1ccc(OCC(=O)Nc2sc3c(c2C(=O)NC2CCS(=O)(=O)C2)CCC(C(C)(C)C)C3)cc1. The van der Waals surface area contributed by atoms with E-state index in [0.717, 1.165) is 29.7 Å². The standard InChI is InChI=1S/C28H38N2O5S2/c1-17(2)18-6-9-21(10-7-18)35-15-24(31)30-27-25(26(32)29-20-12-13-37(33,34)16-20)22-11-8-19(28(3,4)5)14-23(22)36-27/h6-7,9-10,17,19-20H,8,11-16H2,1-5H3,(H,29,32)(H,30,31). The molecule has 2 unspecified atom stereocenters. The lowest BCUT2D eigenvalue weighted by atomic mass is 9.72. The number of rotatable bonds is 7. The molecular formula is C28H38N2O5S2. The zero-order valence-corrected chi connectivity index (χ0v) is 24.0. The molecule has 1 aromatic carbocycles. The highest BCUT2D eigenvalue weighted by Crippen LogP contribution is 2.44. The Morgan fingerprint density at radius 3 is 2.43 bits per heavy atom. The normalized spacial score (nSPS) is 20.9. The van der Waals surface area contributed by atoms with E-state index in [9.17, 15) is 18.0 Å². The maximum absolute atomic E-state index is 13.4. The number of amides is 2. The van der Waals surface area contributed by atoms with Gasteiger partial charge in [-0.3, -0.25) is 9.59 Å². The van der Waals surface area contributed by atoms with Crippen molar-refractivity contribution in [2.75, 3.05) is 23.4 Å². The second-order valence-electron chi connectivity index (χ2n) is 11.6. The second-order valence-corrected chi connectivity index (χ2v) is 15.0. The molecule has 0 bridgehead atoms. The van der Waals surface area contributed by atoms with E-state index in [1.807, 2.05) is 24.3 Å². The molecule has 2 aromatic rings. The molecule has 2 atom stereocenters. The van der Waals surface area contributed by atoms with Gasteiger partial charge in [0.15, 0.2) is 16.4 Å². The quantitative estimate of drug-likeness (QED) is 0.511. The van der Waals surface area contributed by atoms with Crippen LogP contribution in [0.5, 0.6) is 5.75 Å². The van der Waals surface area contributed by atoms with Crippen LogP contribution in [0, 0.1) is 11.3 Å². The van der Waals surface area contributed by atoms with E-state index in [1.54, 1.807) is 0 Å². The van der Waals surface area contributed by atoms with Gasteiger partial charge in [-0.05, 0) is 66.2 Å². The lowest BCUT2D eigenvalue weighted by Crippen LogP contribution is -2.36. The Balaban J connectivity index is 1.51. The number of carbonyl (C=O) groups excluding carboxylic acids is 2. The van der Waals surface area contributed by atoms with Crippen molar-refractivity contribution in [3.8, 4) is 5.75 Å². The van der Waals surface area contributed by atoms with Crippen molar-refractivity contribution in [2.24, 2.45) is 11.3 Å². The molecule has 2 heterocycles. The third kappa shape index (κ3) is 6.74. The molecule has 0 spiro atoms. The summed E-state index contributed by atoms with van der Waals surface area (Å²) in [6.07, 6.45) is 3.00. The highest BCUT2D eigenvalue weighted by Gasteiger charge is 2.36. The summed E-state index contributed by atoms with van der Waals surface area (Å²) in [5.41, 5.74) is 2.79. The van der Waals surface area contributed by atoms with Crippen molar-refractivity contribution in [3.05, 3.63) is 45.8 Å². The first kappa shape index (κ1) is 27.6. The number of nitrogens with one attached hydrogen (secondary N) is 2. The minimum Gasteiger partial charge on any atom is -0.484 e. The van der Waals surface area contributed by atoms with Gasteiger partial charge < -0.3 is 15.4 Å². The van der Waals surface area contributed by atoms with Crippen LogP contribution in [0.4, 0.5) is 5.00 Å². The minimum absolute atomic E-state index is 0.0394. The highest BCUT2D eigenvalue weighted by atomic mass is 32.2. The summed E-state index contributed by atoms with van der Waals surface area (Å²) in [5, 5.41) is 6.35. The number of carbonyl (C=O) groups is 2. The van der Waals surface area contributed by atoms with E-state index >= 15 is 0 Å². The van der Waals surface area contributed by atoms with E-state index in [-0.39, 0.29) is 35.3 Å². The maximum Gasteiger partial charge on any atom is 0.262 e. The van der Waals surface area contributed by atoms with Gasteiger partial charge in [-0.25, -0.2) is 8.42 Å². The van der Waals surface area contributed by atoms with Crippen LogP contribution in [0.1, 0.15) is 79.7 Å². The van der Waals surface area contributed by atoms with Gasteiger partial charge in [-0.1, -0.05) is 46.8 Å². The van der Waals surface area contributed by atoms with Crippen molar-refractivity contribution in [1.82, 2.24) is 5.32 Å². The average molecular weight is 547 g/mol. The Bertz CT molecular complexity index is 1260. The summed E-state index contributed by atoms with van der Waals surface area (Å²) in [4.78, 5) is 27.4. The predicted molar refractivity (Wildman–Crippen MR) is 148 cm³/mol. The summed E-state index contributed by atoms with van der Waals surface area (Å²) in [7, 11) is -3.12. The first-order valence-corrected chi connectivity index (χ1v) is 15.6. The molecule has 202 valence electrons. The van der Waals surface area contributed by atoms with Gasteiger partial charge in [0.05, 0.1) is 17.1 Å². The van der Waals surface area contributed by atoms with Crippen molar-refractivity contribution < 1.29 is 22.7 Å². The summed E-state index contributed by atoms with van der Waals surface area (Å²) < 4.78 is 29.5. The van der Waals surface area contributed by atoms with Crippen LogP contribution in [0.2, 0.25) is 0 Å². The maximum atomic E-state index is 13.4. The summed E-state index contributed by atoms with van der Waals surface area (Å²) in [6.45, 7) is 10.8. The van der Waals surface area contributed by atoms with Crippen LogP contribution >= 0.6 is 11.3 Å². The van der Waals surface area contributed by atoms with Crippen molar-refractivity contribution in [1.29, 1.82) is 0 Å². The fourth-order valence-electron chi connectivity index (χ4n) is 5.08. The molecule has 2 N–H and O–H groups in total. The molecule has 4 rings (SSSR count). The molecule has 1 aliphatic heterocycles. The zero-order valence-electron chi connectivity index (χ0n) is 22.3. The molecule has 2 aliphatic rings. The van der Waals surface area contributed by atoms with Crippen molar-refractivity contribution in [3.63, 3.8) is 0 Å². The molecule has 1 aromatic heterocycles. The summed E-state index contributed by atoms with van der Waals surface area (Å²) in [6, 6.07) is 7.28. The number of ether oxygens (including phenoxy) is 1. The molecule has 2 amide bonds. The van der Waals surface area contributed by atoms with Crippen LogP contribution in [-0.4, -0.2) is 44.4 Å². The number of thiophene rings is 1. The third-order valence-corrected chi connectivity index (χ3v) is 10.4. The van der Waals surface area contributed by atoms with E-state index in [4.69, 9.17) is 4.74 Å². The van der Waals surface area contributed by atoms with Gasteiger partial charge in [0.2, 0.25) is 0 Å². The van der Waals surface area contributed by atoms with Crippen LogP contribution in [0.15, 0.2) is 24.3 Å². The summed E-state index contributed by atoms with van der Waals surface area (Å²) in [5.74, 6) is 0.905. The largest absolute Gasteiger partial charge is 0.484 e. The molecule has 7 nitrogen and oxygen atoms in total. The van der Waals surface area contributed by atoms with E-state index in [0.29, 0.717) is 34.6 Å². The first-order chi connectivity index (χ1) is 17.3. The number of anilines is 1. The lowest BCUT2D eigenvalue weighted by molar-refractivity contribution is -0.118. The van der Waals surface area contributed by atoms with Gasteiger partial charge in [0.1, 0.15) is 10.8 Å². The number of fused-ring (bicyclic) bond motifs is 1. The summed E-state index contributed by atoms with van der Waals surface area (Å²) >= 11 is 1.46. The minimum atomic E-state index is -3.12. The van der Waals surface area contributed by atoms with Gasteiger partial charge in [-0.2, -0.15) is 0 Å². The van der Waals surface area contributed by atoms with Gasteiger partial charge in [-0.15, -0.1) is 11.3 Å². The zero-order chi connectivity index (χ0) is 27.0. The topological polar surface area (TPSA) is 102 Å².